The van der Waals surface area contributed by atoms with E-state index in [2.05, 4.69) is 7.85 Å². The summed E-state index contributed by atoms with van der Waals surface area (Å²) >= 11 is 0. The molecule has 0 saturated heterocycles. The van der Waals surface area contributed by atoms with E-state index in [1.165, 1.54) is 0 Å². The molecule has 1 nitrogen and oxygen atoms in total. The molecule has 2 radical (unpaired) electrons. The first kappa shape index (κ1) is 4.95. The van der Waals surface area contributed by atoms with E-state index in [0.29, 0.717) is 0 Å². The molecule has 0 saturated carbocycles. The van der Waals surface area contributed by atoms with Crippen LogP contribution in [0.3, 0.4) is 0 Å². The van der Waals surface area contributed by atoms with Crippen molar-refractivity contribution in [2.45, 2.75) is 0 Å². The Bertz CT molecular complexity index is 18.3. The molecular formula is C2H6BFO. The number of hydrogen-bond acceptors (Lipinski definition) is 1. The highest BCUT2D eigenvalue weighted by molar-refractivity contribution is 6.07. The van der Waals surface area contributed by atoms with Crippen LogP contribution >= 0.6 is 0 Å². The third-order valence-corrected chi connectivity index (χ3v) is 0. The fourth-order valence-corrected chi connectivity index (χ4v) is 0. The van der Waals surface area contributed by atoms with Gasteiger partial charge in [-0.05, 0) is 0 Å². The van der Waals surface area contributed by atoms with Crippen molar-refractivity contribution >= 4 is 7.85 Å². The average Bonchev–Trinajstić information content (AvgIpc) is 1.41. The van der Waals surface area contributed by atoms with Crippen molar-refractivity contribution in [3.8, 4) is 0 Å². The summed E-state index contributed by atoms with van der Waals surface area (Å²) in [5, 5.41) is 7.00. The van der Waals surface area contributed by atoms with E-state index >= 15 is 0 Å². The molecule has 0 aliphatic heterocycles. The zero-order valence-corrected chi connectivity index (χ0v) is 2.98. The Morgan fingerprint density at radius 3 is 2.20 bits per heavy atom. The molecule has 0 aliphatic carbocycles. The van der Waals surface area contributed by atoms with Crippen LogP contribution in [0.2, 0.25) is 0 Å². The van der Waals surface area contributed by atoms with Crippen molar-refractivity contribution in [1.82, 2.24) is 0 Å². The Labute approximate surface area is 33.6 Å². The van der Waals surface area contributed by atoms with Crippen molar-refractivity contribution in [2.75, 3.05) is 13.7 Å². The van der Waals surface area contributed by atoms with Gasteiger partial charge in [0.05, 0.1) is 1.37 Å². The van der Waals surface area contributed by atoms with Crippen molar-refractivity contribution < 1.29 is 10.9 Å². The van der Waals surface area contributed by atoms with E-state index in [4.69, 9.17) is 6.48 Å². The van der Waals surface area contributed by atoms with E-state index in [-0.39, 0.29) is 0 Å². The summed E-state index contributed by atoms with van der Waals surface area (Å²) < 4.78 is 16.1. The van der Waals surface area contributed by atoms with E-state index in [0.717, 1.165) is 7.11 Å². The molecule has 0 rings (SSSR count). The van der Waals surface area contributed by atoms with Crippen LogP contribution in [0.25, 0.3) is 0 Å². The van der Waals surface area contributed by atoms with Crippen LogP contribution in [0.5, 0.6) is 0 Å². The second-order valence-corrected chi connectivity index (χ2v) is 0.126. The zero-order valence-electron chi connectivity index (χ0n) is 3.98. The minimum absolute atomic E-state index is 1.00. The van der Waals surface area contributed by atoms with Crippen LogP contribution in [-0.4, -0.2) is 26.6 Å². The van der Waals surface area contributed by atoms with Gasteiger partial charge in [0.15, 0.2) is 0 Å². The number of hydrogen-bond donors (Lipinski definition) is 1. The third-order valence-electron chi connectivity index (χ3n) is 0. The monoisotopic (exact) mass is 78.1 g/mol. The molecule has 0 amide bonds. The largest absolute Gasteiger partial charge is 0.400 e. The Morgan fingerprint density at radius 2 is 2.20 bits per heavy atom. The highest BCUT2D eigenvalue weighted by Crippen LogP contribution is 1.39. The highest BCUT2D eigenvalue weighted by Gasteiger charge is 1.41. The van der Waals surface area contributed by atoms with Gasteiger partial charge in [-0.3, -0.25) is 4.39 Å². The van der Waals surface area contributed by atoms with Crippen LogP contribution < -0.4 is 0 Å². The van der Waals surface area contributed by atoms with Crippen molar-refractivity contribution in [2.24, 2.45) is 0 Å². The third kappa shape index (κ3) is 7440. The Morgan fingerprint density at radius 1 is 2.20 bits per heavy atom. The zero-order chi connectivity index (χ0) is 5.58. The summed E-state index contributed by atoms with van der Waals surface area (Å²) in [7, 11) is 5.11. The normalized spacial score (nSPS) is 13.8. The van der Waals surface area contributed by atoms with E-state index in [9.17, 15) is 4.39 Å². The molecule has 0 aliphatic rings. The molecular weight excluding hydrogens is 69.8 g/mol. The summed E-state index contributed by atoms with van der Waals surface area (Å²) in [4.78, 5) is 0. The highest BCUT2D eigenvalue weighted by atomic mass is 19.1. The van der Waals surface area contributed by atoms with Crippen molar-refractivity contribution in [3.63, 3.8) is 0 Å². The molecule has 30 valence electrons. The van der Waals surface area contributed by atoms with Gasteiger partial charge in [-0.15, -0.1) is 0 Å². The Hall–Kier alpha value is -0.0451. The molecule has 0 heterocycles. The summed E-state index contributed by atoms with van der Waals surface area (Å²) in [5.74, 6) is 0. The van der Waals surface area contributed by atoms with E-state index in [1.54, 1.807) is 0 Å². The molecule has 0 aromatic rings. The second-order valence-electron chi connectivity index (χ2n) is 0.126. The summed E-state index contributed by atoms with van der Waals surface area (Å²) in [6.07, 6.45) is 0. The van der Waals surface area contributed by atoms with Gasteiger partial charge in [-0.25, -0.2) is 0 Å². The molecule has 0 aromatic heterocycles. The average molecular weight is 77.9 g/mol. The van der Waals surface area contributed by atoms with Crippen LogP contribution in [-0.2, 0) is 0 Å². The van der Waals surface area contributed by atoms with Crippen molar-refractivity contribution in [3.05, 3.63) is 0 Å². The minimum Gasteiger partial charge on any atom is -0.400 e. The molecule has 1 unspecified atom stereocenters. The first-order chi connectivity index (χ1) is 2.73. The lowest BCUT2D eigenvalue weighted by molar-refractivity contribution is 0.399. The lowest BCUT2D eigenvalue weighted by Crippen LogP contribution is -1.56. The van der Waals surface area contributed by atoms with Crippen LogP contribution in [0.4, 0.5) is 4.39 Å². The van der Waals surface area contributed by atoms with Gasteiger partial charge < -0.3 is 5.11 Å². The van der Waals surface area contributed by atoms with E-state index < -0.39 is 6.55 Å². The standard InChI is InChI=1S/CH2BF.CH4O/c2-1-3;1-2/h1H2;2H,1H3/i1T;. The predicted octanol–water partition coefficient (Wildman–Crippen LogP) is -0.310. The maximum atomic E-state index is 10.4. The minimum atomic E-state index is -1.92. The second kappa shape index (κ2) is 37.9. The topological polar surface area (TPSA) is 20.2 Å². The Kier molecular flexibility index (Phi) is 37.5. The first-order valence-electron chi connectivity index (χ1n) is 1.58. The SMILES string of the molecule is CO.[3H]C([B])F. The van der Waals surface area contributed by atoms with Gasteiger partial charge in [-0.2, -0.15) is 0 Å². The van der Waals surface area contributed by atoms with E-state index in [1.807, 2.05) is 0 Å². The van der Waals surface area contributed by atoms with Crippen LogP contribution in [0.15, 0.2) is 0 Å². The fourth-order valence-electron chi connectivity index (χ4n) is 0. The van der Waals surface area contributed by atoms with Crippen LogP contribution in [0.1, 0.15) is 1.37 Å². The van der Waals surface area contributed by atoms with Gasteiger partial charge in [-0.1, -0.05) is 0 Å². The van der Waals surface area contributed by atoms with Crippen LogP contribution in [0, 0.1) is 0 Å². The number of aliphatic hydroxyl groups is 1. The maximum absolute atomic E-state index is 10.4. The molecule has 0 fully saturated rings. The fraction of sp³-hybridized carbons (Fsp3) is 1.00. The molecule has 1 atom stereocenters. The molecule has 1 N–H and O–H groups in total. The molecule has 0 bridgehead atoms. The molecule has 3 heteroatoms. The molecule has 5 heavy (non-hydrogen) atoms. The number of halogens is 1. The quantitative estimate of drug-likeness (QED) is 0.394. The first-order valence-corrected chi connectivity index (χ1v) is 0.999. The van der Waals surface area contributed by atoms with Gasteiger partial charge in [0.1, 0.15) is 7.85 Å². The lowest BCUT2D eigenvalue weighted by Gasteiger charge is -1.44. The van der Waals surface area contributed by atoms with Gasteiger partial charge >= 0.3 is 0 Å². The predicted molar refractivity (Wildman–Crippen MR) is 19.9 cm³/mol. The maximum Gasteiger partial charge on any atom is 0.111 e. The lowest BCUT2D eigenvalue weighted by atomic mass is 10.2. The Balaban J connectivity index is 0. The molecule has 0 spiro atoms. The van der Waals surface area contributed by atoms with Gasteiger partial charge in [0.2, 0.25) is 0 Å². The van der Waals surface area contributed by atoms with Crippen molar-refractivity contribution in [1.29, 1.82) is 0 Å². The number of rotatable bonds is 0. The summed E-state index contributed by atoms with van der Waals surface area (Å²) in [6.45, 7) is -1.92. The van der Waals surface area contributed by atoms with Gasteiger partial charge in [0, 0.05) is 13.7 Å². The number of alkyl halides is 1. The smallest absolute Gasteiger partial charge is 0.111 e. The summed E-state index contributed by atoms with van der Waals surface area (Å²) in [6, 6.07) is 0. The summed E-state index contributed by atoms with van der Waals surface area (Å²) in [5.41, 5.74) is 0. The molecule has 0 aromatic carbocycles. The van der Waals surface area contributed by atoms with Gasteiger partial charge in [0.25, 0.3) is 0 Å². The number of aliphatic hydroxyl groups excluding tert-OH is 1.